The largest absolute Gasteiger partial charge is 0.413 e. The Morgan fingerprint density at radius 2 is 2.05 bits per heavy atom. The zero-order valence-electron chi connectivity index (χ0n) is 11.2. The van der Waals surface area contributed by atoms with Gasteiger partial charge in [0, 0.05) is 13.1 Å². The second-order valence-corrected chi connectivity index (χ2v) is 4.42. The van der Waals surface area contributed by atoms with E-state index in [9.17, 15) is 4.79 Å². The highest BCUT2D eigenvalue weighted by molar-refractivity contribution is 5.70. The van der Waals surface area contributed by atoms with Crippen molar-refractivity contribution in [2.75, 3.05) is 26.3 Å². The minimum Gasteiger partial charge on any atom is -0.410 e. The minimum atomic E-state index is -0.412. The highest BCUT2D eigenvalue weighted by Gasteiger charge is 2.21. The van der Waals surface area contributed by atoms with Gasteiger partial charge in [0.15, 0.2) is 0 Å². The molecule has 19 heavy (non-hydrogen) atoms. The number of rotatable bonds is 4. The van der Waals surface area contributed by atoms with Gasteiger partial charge in [-0.25, -0.2) is 4.79 Å². The van der Waals surface area contributed by atoms with Crippen LogP contribution in [0.25, 0.3) is 0 Å². The van der Waals surface area contributed by atoms with Crippen molar-refractivity contribution in [1.82, 2.24) is 10.2 Å². The minimum absolute atomic E-state index is 0.000104. The molecule has 1 aliphatic heterocycles. The number of nitrogens with zero attached hydrogens (tertiary/aromatic N) is 1. The first kappa shape index (κ1) is 13.8. The Balaban J connectivity index is 1.85. The summed E-state index contributed by atoms with van der Waals surface area (Å²) in [4.78, 5) is 14.0. The second kappa shape index (κ2) is 7.11. The highest BCUT2D eigenvalue weighted by atomic mass is 16.6. The monoisotopic (exact) mass is 264 g/mol. The van der Waals surface area contributed by atoms with E-state index in [0.717, 1.165) is 19.5 Å². The summed E-state index contributed by atoms with van der Waals surface area (Å²) in [5.74, 6) is 0.553. The van der Waals surface area contributed by atoms with Crippen molar-refractivity contribution < 1.29 is 14.3 Å². The smallest absolute Gasteiger partial charge is 0.410 e. The molecule has 1 aliphatic rings. The predicted molar refractivity (Wildman–Crippen MR) is 72.1 cm³/mol. The molecule has 5 nitrogen and oxygen atoms in total. The SMILES string of the molecule is CCC(NC(=O)Oc1ccccc1)N1CCOCC1. The highest BCUT2D eigenvalue weighted by Crippen LogP contribution is 2.10. The Morgan fingerprint density at radius 1 is 1.37 bits per heavy atom. The summed E-state index contributed by atoms with van der Waals surface area (Å²) in [6, 6.07) is 9.07. The number of para-hydroxylation sites is 1. The number of carbonyl (C=O) groups excluding carboxylic acids is 1. The number of hydrogen-bond acceptors (Lipinski definition) is 4. The first-order valence-corrected chi connectivity index (χ1v) is 6.65. The standard InChI is InChI=1S/C14H20N2O3/c1-2-13(16-8-10-18-11-9-16)15-14(17)19-12-6-4-3-5-7-12/h3-7,13H,2,8-11H2,1H3,(H,15,17). The number of morpholine rings is 1. The van der Waals surface area contributed by atoms with Gasteiger partial charge in [-0.3, -0.25) is 4.90 Å². The average Bonchev–Trinajstić information content (AvgIpc) is 2.47. The van der Waals surface area contributed by atoms with Crippen molar-refractivity contribution in [2.45, 2.75) is 19.5 Å². The van der Waals surface area contributed by atoms with Crippen LogP contribution in [0.4, 0.5) is 4.79 Å². The van der Waals surface area contributed by atoms with Crippen molar-refractivity contribution >= 4 is 6.09 Å². The number of ether oxygens (including phenoxy) is 2. The summed E-state index contributed by atoms with van der Waals surface area (Å²) in [6.45, 7) is 5.15. The zero-order chi connectivity index (χ0) is 13.5. The van der Waals surface area contributed by atoms with E-state index in [1.807, 2.05) is 25.1 Å². The lowest BCUT2D eigenvalue weighted by Crippen LogP contribution is -2.52. The number of amides is 1. The van der Waals surface area contributed by atoms with Crippen molar-refractivity contribution in [1.29, 1.82) is 0 Å². The Bertz CT molecular complexity index is 391. The fourth-order valence-corrected chi connectivity index (χ4v) is 2.10. The lowest BCUT2D eigenvalue weighted by atomic mass is 10.3. The summed E-state index contributed by atoms with van der Waals surface area (Å²) in [6.07, 6.45) is 0.425. The molecule has 0 bridgehead atoms. The molecule has 0 aliphatic carbocycles. The lowest BCUT2D eigenvalue weighted by molar-refractivity contribution is 0.00914. The molecule has 104 valence electrons. The van der Waals surface area contributed by atoms with E-state index in [1.54, 1.807) is 12.1 Å². The first-order valence-electron chi connectivity index (χ1n) is 6.65. The van der Waals surface area contributed by atoms with Crippen LogP contribution in [0.1, 0.15) is 13.3 Å². The molecule has 1 saturated heterocycles. The molecule has 0 spiro atoms. The van der Waals surface area contributed by atoms with Gasteiger partial charge in [0.1, 0.15) is 5.75 Å². The van der Waals surface area contributed by atoms with Gasteiger partial charge in [-0.2, -0.15) is 0 Å². The van der Waals surface area contributed by atoms with E-state index >= 15 is 0 Å². The fourth-order valence-electron chi connectivity index (χ4n) is 2.10. The van der Waals surface area contributed by atoms with Crippen molar-refractivity contribution in [3.8, 4) is 5.75 Å². The Morgan fingerprint density at radius 3 is 2.68 bits per heavy atom. The summed E-state index contributed by atoms with van der Waals surface area (Å²) in [5.41, 5.74) is 0. The quantitative estimate of drug-likeness (QED) is 0.901. The van der Waals surface area contributed by atoms with Gasteiger partial charge in [0.2, 0.25) is 0 Å². The van der Waals surface area contributed by atoms with Gasteiger partial charge in [-0.1, -0.05) is 25.1 Å². The molecule has 1 atom stereocenters. The van der Waals surface area contributed by atoms with Gasteiger partial charge in [0.05, 0.1) is 19.4 Å². The summed E-state index contributed by atoms with van der Waals surface area (Å²) in [7, 11) is 0. The maximum absolute atomic E-state index is 11.8. The van der Waals surface area contributed by atoms with Crippen LogP contribution in [0.3, 0.4) is 0 Å². The van der Waals surface area contributed by atoms with E-state index in [4.69, 9.17) is 9.47 Å². The topological polar surface area (TPSA) is 50.8 Å². The van der Waals surface area contributed by atoms with E-state index in [-0.39, 0.29) is 6.17 Å². The summed E-state index contributed by atoms with van der Waals surface area (Å²) >= 11 is 0. The van der Waals surface area contributed by atoms with Crippen LogP contribution in [-0.2, 0) is 4.74 Å². The maximum atomic E-state index is 11.8. The van der Waals surface area contributed by atoms with Gasteiger partial charge in [-0.15, -0.1) is 0 Å². The second-order valence-electron chi connectivity index (χ2n) is 4.42. The molecular formula is C14H20N2O3. The predicted octanol–water partition coefficient (Wildman–Crippen LogP) is 1.84. The van der Waals surface area contributed by atoms with Crippen LogP contribution in [-0.4, -0.2) is 43.5 Å². The van der Waals surface area contributed by atoms with Gasteiger partial charge < -0.3 is 14.8 Å². The lowest BCUT2D eigenvalue weighted by Gasteiger charge is -2.33. The Kier molecular flexibility index (Phi) is 5.18. The first-order chi connectivity index (χ1) is 9.29. The Hall–Kier alpha value is -1.59. The van der Waals surface area contributed by atoms with Crippen LogP contribution in [0.2, 0.25) is 0 Å². The molecule has 1 fully saturated rings. The molecule has 1 aromatic carbocycles. The molecule has 0 aromatic heterocycles. The third kappa shape index (κ3) is 4.22. The molecule has 1 aromatic rings. The van der Waals surface area contributed by atoms with Crippen LogP contribution >= 0.6 is 0 Å². The third-order valence-electron chi connectivity index (χ3n) is 3.11. The summed E-state index contributed by atoms with van der Waals surface area (Å²) < 4.78 is 10.5. The van der Waals surface area contributed by atoms with Gasteiger partial charge in [-0.05, 0) is 18.6 Å². The normalized spacial score (nSPS) is 17.7. The van der Waals surface area contributed by atoms with E-state index in [2.05, 4.69) is 10.2 Å². The van der Waals surface area contributed by atoms with Crippen LogP contribution in [0, 0.1) is 0 Å². The molecular weight excluding hydrogens is 244 g/mol. The van der Waals surface area contributed by atoms with Crippen LogP contribution in [0.15, 0.2) is 30.3 Å². The van der Waals surface area contributed by atoms with Crippen LogP contribution in [0.5, 0.6) is 5.75 Å². The average molecular weight is 264 g/mol. The van der Waals surface area contributed by atoms with E-state index in [1.165, 1.54) is 0 Å². The molecule has 1 amide bonds. The zero-order valence-corrected chi connectivity index (χ0v) is 11.2. The molecule has 1 unspecified atom stereocenters. The molecule has 1 N–H and O–H groups in total. The van der Waals surface area contributed by atoms with Crippen molar-refractivity contribution in [3.63, 3.8) is 0 Å². The number of carbonyl (C=O) groups is 1. The maximum Gasteiger partial charge on any atom is 0.413 e. The molecule has 0 saturated carbocycles. The Labute approximate surface area is 113 Å². The number of hydrogen-bond donors (Lipinski definition) is 1. The van der Waals surface area contributed by atoms with Crippen molar-refractivity contribution in [2.24, 2.45) is 0 Å². The van der Waals surface area contributed by atoms with E-state index < -0.39 is 6.09 Å². The van der Waals surface area contributed by atoms with E-state index in [0.29, 0.717) is 19.0 Å². The fraction of sp³-hybridized carbons (Fsp3) is 0.500. The molecule has 0 radical (unpaired) electrons. The molecule has 5 heteroatoms. The van der Waals surface area contributed by atoms with Gasteiger partial charge in [0.25, 0.3) is 0 Å². The third-order valence-corrected chi connectivity index (χ3v) is 3.11. The van der Waals surface area contributed by atoms with Crippen LogP contribution < -0.4 is 10.1 Å². The number of benzene rings is 1. The van der Waals surface area contributed by atoms with Crippen molar-refractivity contribution in [3.05, 3.63) is 30.3 Å². The molecule has 2 rings (SSSR count). The number of nitrogens with one attached hydrogen (secondary N) is 1. The summed E-state index contributed by atoms with van der Waals surface area (Å²) in [5, 5.41) is 2.89. The molecule has 1 heterocycles. The van der Waals surface area contributed by atoms with Gasteiger partial charge >= 0.3 is 6.09 Å².